The molecule has 0 saturated carbocycles. The second kappa shape index (κ2) is 10.4. The van der Waals surface area contributed by atoms with Crippen LogP contribution in [-0.2, 0) is 27.5 Å². The van der Waals surface area contributed by atoms with E-state index in [0.717, 1.165) is 16.7 Å². The van der Waals surface area contributed by atoms with Gasteiger partial charge in [-0.15, -0.1) is 0 Å². The molecule has 3 aromatic carbocycles. The molecule has 0 aromatic heterocycles. The number of ether oxygens (including phenoxy) is 1. The Bertz CT molecular complexity index is 1280. The summed E-state index contributed by atoms with van der Waals surface area (Å²) in [4.78, 5) is 28.2. The lowest BCUT2D eigenvalue weighted by atomic mass is 9.83. The molecule has 0 fully saturated rings. The lowest BCUT2D eigenvalue weighted by Gasteiger charge is -2.34. The summed E-state index contributed by atoms with van der Waals surface area (Å²) in [7, 11) is 0. The molecule has 0 radical (unpaired) electrons. The van der Waals surface area contributed by atoms with Crippen LogP contribution in [0, 0.1) is 11.3 Å². The first-order chi connectivity index (χ1) is 16.5. The Kier molecular flexibility index (Phi) is 7.10. The molecule has 34 heavy (non-hydrogen) atoms. The molecule has 0 N–H and O–H groups in total. The van der Waals surface area contributed by atoms with Gasteiger partial charge in [0.1, 0.15) is 6.61 Å². The summed E-state index contributed by atoms with van der Waals surface area (Å²) >= 11 is 6.06. The molecule has 0 aliphatic carbocycles. The average Bonchev–Trinajstić information content (AvgIpc) is 2.86. The molecule has 0 saturated heterocycles. The Morgan fingerprint density at radius 3 is 2.44 bits per heavy atom. The number of nitriles is 1. The highest BCUT2D eigenvalue weighted by atomic mass is 35.5. The molecule has 1 heterocycles. The normalized spacial score (nSPS) is 15.7. The van der Waals surface area contributed by atoms with Gasteiger partial charge in [-0.25, -0.2) is 4.79 Å². The zero-order valence-electron chi connectivity index (χ0n) is 18.7. The van der Waals surface area contributed by atoms with Crippen molar-refractivity contribution in [3.8, 4) is 6.07 Å². The summed E-state index contributed by atoms with van der Waals surface area (Å²) < 4.78 is 5.68. The molecule has 1 aliphatic rings. The van der Waals surface area contributed by atoms with E-state index in [9.17, 15) is 14.9 Å². The van der Waals surface area contributed by atoms with E-state index < -0.39 is 11.9 Å². The highest BCUT2D eigenvalue weighted by Gasteiger charge is 2.37. The predicted molar refractivity (Wildman–Crippen MR) is 129 cm³/mol. The monoisotopic (exact) mass is 470 g/mol. The standard InChI is InChI=1S/C28H23ClN2O3/c1-19-27(28(33)34-18-20-7-3-2-4-8-20)25(21-11-13-24(29)14-12-21)15-26(32)31(19)17-23-10-6-5-9-22(23)16-30/h2-14,25H,15,17-18H2,1H3. The Morgan fingerprint density at radius 1 is 1.06 bits per heavy atom. The van der Waals surface area contributed by atoms with Crippen molar-refractivity contribution in [1.29, 1.82) is 5.26 Å². The van der Waals surface area contributed by atoms with Gasteiger partial charge in [0.15, 0.2) is 0 Å². The van der Waals surface area contributed by atoms with Gasteiger partial charge in [-0.2, -0.15) is 5.26 Å². The van der Waals surface area contributed by atoms with Crippen LogP contribution in [0.2, 0.25) is 5.02 Å². The average molecular weight is 471 g/mol. The quantitative estimate of drug-likeness (QED) is 0.430. The maximum atomic E-state index is 13.4. The minimum Gasteiger partial charge on any atom is -0.457 e. The molecule has 0 bridgehead atoms. The molecule has 1 atom stereocenters. The van der Waals surface area contributed by atoms with E-state index in [1.54, 1.807) is 36.1 Å². The van der Waals surface area contributed by atoms with Crippen molar-refractivity contribution in [2.75, 3.05) is 0 Å². The van der Waals surface area contributed by atoms with E-state index in [2.05, 4.69) is 6.07 Å². The van der Waals surface area contributed by atoms with Gasteiger partial charge in [-0.3, -0.25) is 4.79 Å². The maximum absolute atomic E-state index is 13.4. The van der Waals surface area contributed by atoms with Gasteiger partial charge >= 0.3 is 5.97 Å². The van der Waals surface area contributed by atoms with E-state index in [1.807, 2.05) is 54.6 Å². The summed E-state index contributed by atoms with van der Waals surface area (Å²) in [5.74, 6) is -1.03. The number of carbonyl (C=O) groups is 2. The zero-order valence-corrected chi connectivity index (χ0v) is 19.5. The fourth-order valence-electron chi connectivity index (χ4n) is 4.19. The van der Waals surface area contributed by atoms with E-state index in [-0.39, 0.29) is 25.5 Å². The van der Waals surface area contributed by atoms with Crippen molar-refractivity contribution >= 4 is 23.5 Å². The number of halogens is 1. The van der Waals surface area contributed by atoms with Crippen LogP contribution < -0.4 is 0 Å². The van der Waals surface area contributed by atoms with Gasteiger partial charge < -0.3 is 9.64 Å². The molecule has 1 amide bonds. The Labute approximate surface area is 203 Å². The van der Waals surface area contributed by atoms with Gasteiger partial charge in [-0.1, -0.05) is 72.3 Å². The number of esters is 1. The summed E-state index contributed by atoms with van der Waals surface area (Å²) in [6, 6.07) is 25.9. The summed E-state index contributed by atoms with van der Waals surface area (Å²) in [5.41, 5.74) is 3.88. The highest BCUT2D eigenvalue weighted by molar-refractivity contribution is 6.30. The van der Waals surface area contributed by atoms with Gasteiger partial charge in [-0.05, 0) is 41.8 Å². The minimum absolute atomic E-state index is 0.115. The Balaban J connectivity index is 1.70. The van der Waals surface area contributed by atoms with Crippen molar-refractivity contribution in [3.63, 3.8) is 0 Å². The van der Waals surface area contributed by atoms with E-state index in [1.165, 1.54) is 0 Å². The van der Waals surface area contributed by atoms with Crippen LogP contribution in [-0.4, -0.2) is 16.8 Å². The smallest absolute Gasteiger partial charge is 0.336 e. The van der Waals surface area contributed by atoms with Crippen molar-refractivity contribution in [1.82, 2.24) is 4.90 Å². The summed E-state index contributed by atoms with van der Waals surface area (Å²) in [6.07, 6.45) is 0.115. The highest BCUT2D eigenvalue weighted by Crippen LogP contribution is 2.38. The van der Waals surface area contributed by atoms with Crippen molar-refractivity contribution in [3.05, 3.63) is 117 Å². The van der Waals surface area contributed by atoms with Crippen molar-refractivity contribution in [2.45, 2.75) is 32.4 Å². The second-order valence-corrected chi connectivity index (χ2v) is 8.55. The lowest BCUT2D eigenvalue weighted by Crippen LogP contribution is -2.38. The van der Waals surface area contributed by atoms with Crippen LogP contribution in [0.1, 0.15) is 41.5 Å². The number of hydrogen-bond donors (Lipinski definition) is 0. The van der Waals surface area contributed by atoms with Gasteiger partial charge in [0.05, 0.1) is 23.8 Å². The van der Waals surface area contributed by atoms with Crippen LogP contribution in [0.15, 0.2) is 90.1 Å². The number of hydrogen-bond acceptors (Lipinski definition) is 4. The maximum Gasteiger partial charge on any atom is 0.336 e. The fourth-order valence-corrected chi connectivity index (χ4v) is 4.31. The first-order valence-electron chi connectivity index (χ1n) is 10.9. The van der Waals surface area contributed by atoms with Crippen molar-refractivity contribution < 1.29 is 14.3 Å². The molecule has 170 valence electrons. The van der Waals surface area contributed by atoms with Gasteiger partial charge in [0.25, 0.3) is 0 Å². The first kappa shape index (κ1) is 23.3. The molecular weight excluding hydrogens is 448 g/mol. The molecule has 4 rings (SSSR count). The fraction of sp³-hybridized carbons (Fsp3) is 0.179. The van der Waals surface area contributed by atoms with Crippen LogP contribution in [0.5, 0.6) is 0 Å². The number of rotatable bonds is 6. The largest absolute Gasteiger partial charge is 0.457 e. The number of amides is 1. The van der Waals surface area contributed by atoms with Crippen LogP contribution in [0.4, 0.5) is 0 Å². The van der Waals surface area contributed by atoms with Crippen molar-refractivity contribution in [2.24, 2.45) is 0 Å². The third kappa shape index (κ3) is 5.03. The number of carbonyl (C=O) groups excluding carboxylic acids is 2. The molecule has 3 aromatic rings. The lowest BCUT2D eigenvalue weighted by molar-refractivity contribution is -0.141. The molecular formula is C28H23ClN2O3. The molecule has 1 unspecified atom stereocenters. The number of benzene rings is 3. The topological polar surface area (TPSA) is 70.4 Å². The molecule has 6 heteroatoms. The van der Waals surface area contributed by atoms with E-state index in [4.69, 9.17) is 16.3 Å². The Morgan fingerprint density at radius 2 is 1.74 bits per heavy atom. The second-order valence-electron chi connectivity index (χ2n) is 8.12. The molecule has 1 aliphatic heterocycles. The summed E-state index contributed by atoms with van der Waals surface area (Å²) in [5, 5.41) is 10.0. The van der Waals surface area contributed by atoms with Crippen LogP contribution >= 0.6 is 11.6 Å². The first-order valence-corrected chi connectivity index (χ1v) is 11.3. The minimum atomic E-state index is -0.465. The zero-order chi connectivity index (χ0) is 24.1. The van der Waals surface area contributed by atoms with Gasteiger partial charge in [0, 0.05) is 23.1 Å². The number of allylic oxidation sites excluding steroid dienone is 1. The Hall–Kier alpha value is -3.88. The SMILES string of the molecule is CC1=C(C(=O)OCc2ccccc2)C(c2ccc(Cl)cc2)CC(=O)N1Cc1ccccc1C#N. The van der Waals surface area contributed by atoms with E-state index in [0.29, 0.717) is 21.9 Å². The third-order valence-electron chi connectivity index (χ3n) is 5.99. The van der Waals surface area contributed by atoms with E-state index >= 15 is 0 Å². The van der Waals surface area contributed by atoms with Crippen LogP contribution in [0.3, 0.4) is 0 Å². The predicted octanol–water partition coefficient (Wildman–Crippen LogP) is 5.75. The van der Waals surface area contributed by atoms with Gasteiger partial charge in [0.2, 0.25) is 5.91 Å². The molecule has 5 nitrogen and oxygen atoms in total. The number of nitrogens with zero attached hydrogens (tertiary/aromatic N) is 2. The summed E-state index contributed by atoms with van der Waals surface area (Å²) in [6.45, 7) is 2.10. The molecule has 0 spiro atoms. The van der Waals surface area contributed by atoms with Crippen LogP contribution in [0.25, 0.3) is 0 Å². The third-order valence-corrected chi connectivity index (χ3v) is 6.25.